The Hall–Kier alpha value is 0.0569. The SMILES string of the molecule is CCCCCCCN1CCCC1C(CCC)[Si](OC)(OC)OC. The third-order valence-electron chi connectivity index (χ3n) is 5.33. The highest BCUT2D eigenvalue weighted by Crippen LogP contribution is 2.39. The summed E-state index contributed by atoms with van der Waals surface area (Å²) >= 11 is 0. The highest BCUT2D eigenvalue weighted by atomic mass is 28.4. The van der Waals surface area contributed by atoms with Gasteiger partial charge in [-0.05, 0) is 38.8 Å². The fourth-order valence-electron chi connectivity index (χ4n) is 4.12. The standard InChI is InChI=1S/C18H39NO3Si/c1-6-8-9-10-11-15-19-16-12-14-17(19)18(13-7-2)23(20-3,21-4)22-5/h17-18H,6-16H2,1-5H3. The molecular weight excluding hydrogens is 306 g/mol. The lowest BCUT2D eigenvalue weighted by atomic mass is 10.1. The normalized spacial score (nSPS) is 21.0. The lowest BCUT2D eigenvalue weighted by Gasteiger charge is -2.39. The summed E-state index contributed by atoms with van der Waals surface area (Å²) in [6.07, 6.45) is 11.6. The average Bonchev–Trinajstić information content (AvgIpc) is 3.03. The summed E-state index contributed by atoms with van der Waals surface area (Å²) in [6, 6.07) is 0.563. The van der Waals surface area contributed by atoms with Crippen LogP contribution in [0.4, 0.5) is 0 Å². The van der Waals surface area contributed by atoms with E-state index in [1.54, 1.807) is 21.3 Å². The molecule has 0 aromatic carbocycles. The first-order valence-corrected chi connectivity index (χ1v) is 11.4. The Bertz CT molecular complexity index is 292. The molecule has 4 nitrogen and oxygen atoms in total. The largest absolute Gasteiger partial charge is 0.505 e. The molecule has 0 saturated carbocycles. The summed E-state index contributed by atoms with van der Waals surface area (Å²) < 4.78 is 17.5. The molecule has 1 aliphatic rings. The van der Waals surface area contributed by atoms with Crippen LogP contribution in [0.25, 0.3) is 0 Å². The molecule has 1 fully saturated rings. The van der Waals surface area contributed by atoms with Gasteiger partial charge in [0.15, 0.2) is 0 Å². The molecule has 0 aliphatic carbocycles. The van der Waals surface area contributed by atoms with Crippen molar-refractivity contribution in [3.63, 3.8) is 0 Å². The van der Waals surface area contributed by atoms with E-state index in [9.17, 15) is 0 Å². The first kappa shape index (κ1) is 21.1. The van der Waals surface area contributed by atoms with Crippen LogP contribution in [-0.4, -0.2) is 54.2 Å². The number of hydrogen-bond donors (Lipinski definition) is 0. The van der Waals surface area contributed by atoms with Crippen LogP contribution in [0.1, 0.15) is 71.6 Å². The Labute approximate surface area is 145 Å². The van der Waals surface area contributed by atoms with Gasteiger partial charge in [0, 0.05) is 32.9 Å². The Balaban J connectivity index is 2.68. The highest BCUT2D eigenvalue weighted by molar-refractivity contribution is 6.62. The molecule has 2 unspecified atom stereocenters. The van der Waals surface area contributed by atoms with Crippen molar-refractivity contribution in [3.05, 3.63) is 0 Å². The van der Waals surface area contributed by atoms with Crippen LogP contribution in [0.2, 0.25) is 5.54 Å². The number of likely N-dealkylation sites (tertiary alicyclic amines) is 1. The molecule has 0 radical (unpaired) electrons. The van der Waals surface area contributed by atoms with Crippen molar-refractivity contribution in [1.29, 1.82) is 0 Å². The van der Waals surface area contributed by atoms with Crippen molar-refractivity contribution < 1.29 is 13.3 Å². The van der Waals surface area contributed by atoms with Crippen LogP contribution < -0.4 is 0 Å². The van der Waals surface area contributed by atoms with Crippen molar-refractivity contribution in [1.82, 2.24) is 4.90 Å². The van der Waals surface area contributed by atoms with Crippen molar-refractivity contribution in [2.45, 2.75) is 83.2 Å². The lowest BCUT2D eigenvalue weighted by Crippen LogP contribution is -2.54. The zero-order chi connectivity index (χ0) is 17.1. The van der Waals surface area contributed by atoms with Crippen LogP contribution >= 0.6 is 0 Å². The van der Waals surface area contributed by atoms with Gasteiger partial charge in [0.1, 0.15) is 0 Å². The van der Waals surface area contributed by atoms with Gasteiger partial charge in [-0.15, -0.1) is 0 Å². The third-order valence-corrected chi connectivity index (χ3v) is 8.62. The molecule has 1 saturated heterocycles. The van der Waals surface area contributed by atoms with Gasteiger partial charge in [-0.1, -0.05) is 46.0 Å². The van der Waals surface area contributed by atoms with Crippen molar-refractivity contribution in [3.8, 4) is 0 Å². The minimum atomic E-state index is -2.58. The Morgan fingerprint density at radius 2 is 1.61 bits per heavy atom. The van der Waals surface area contributed by atoms with Gasteiger partial charge in [0.05, 0.1) is 0 Å². The molecule has 1 heterocycles. The zero-order valence-corrected chi connectivity index (χ0v) is 17.1. The van der Waals surface area contributed by atoms with E-state index in [4.69, 9.17) is 13.3 Å². The predicted octanol–water partition coefficient (Wildman–Crippen LogP) is 4.47. The first-order valence-electron chi connectivity index (χ1n) is 9.58. The number of unbranched alkanes of at least 4 members (excludes halogenated alkanes) is 4. The van der Waals surface area contributed by atoms with E-state index in [0.717, 1.165) is 12.8 Å². The summed E-state index contributed by atoms with van der Waals surface area (Å²) in [5.41, 5.74) is 0.394. The topological polar surface area (TPSA) is 30.9 Å². The number of rotatable bonds is 13. The molecular formula is C18H39NO3Si. The second-order valence-electron chi connectivity index (χ2n) is 6.77. The van der Waals surface area contributed by atoms with Crippen molar-refractivity contribution in [2.75, 3.05) is 34.4 Å². The molecule has 1 aliphatic heterocycles. The van der Waals surface area contributed by atoms with E-state index in [-0.39, 0.29) is 0 Å². The maximum Gasteiger partial charge on any atom is 0.505 e. The summed E-state index contributed by atoms with van der Waals surface area (Å²) in [7, 11) is 2.69. The molecule has 0 aromatic heterocycles. The predicted molar refractivity (Wildman–Crippen MR) is 98.8 cm³/mol. The molecule has 2 atom stereocenters. The van der Waals surface area contributed by atoms with Gasteiger partial charge < -0.3 is 18.2 Å². The second-order valence-corrected chi connectivity index (χ2v) is 9.94. The minimum absolute atomic E-state index is 0.394. The Morgan fingerprint density at radius 3 is 2.17 bits per heavy atom. The number of nitrogens with zero attached hydrogens (tertiary/aromatic N) is 1. The molecule has 0 amide bonds. The van der Waals surface area contributed by atoms with E-state index in [2.05, 4.69) is 18.7 Å². The summed E-state index contributed by atoms with van der Waals surface area (Å²) in [5.74, 6) is 0. The van der Waals surface area contributed by atoms with E-state index < -0.39 is 8.80 Å². The van der Waals surface area contributed by atoms with Gasteiger partial charge >= 0.3 is 8.80 Å². The molecule has 138 valence electrons. The number of hydrogen-bond acceptors (Lipinski definition) is 4. The highest BCUT2D eigenvalue weighted by Gasteiger charge is 2.52. The monoisotopic (exact) mass is 345 g/mol. The minimum Gasteiger partial charge on any atom is -0.377 e. The second kappa shape index (κ2) is 11.6. The van der Waals surface area contributed by atoms with Crippen LogP contribution in [0.15, 0.2) is 0 Å². The summed E-state index contributed by atoms with van der Waals surface area (Å²) in [6.45, 7) is 6.96. The average molecular weight is 346 g/mol. The van der Waals surface area contributed by atoms with Crippen molar-refractivity contribution >= 4 is 8.80 Å². The maximum absolute atomic E-state index is 5.84. The molecule has 23 heavy (non-hydrogen) atoms. The molecule has 0 bridgehead atoms. The lowest BCUT2D eigenvalue weighted by molar-refractivity contribution is 0.0896. The fraction of sp³-hybridized carbons (Fsp3) is 1.00. The molecule has 0 aromatic rings. The van der Waals surface area contributed by atoms with E-state index >= 15 is 0 Å². The zero-order valence-electron chi connectivity index (χ0n) is 16.1. The van der Waals surface area contributed by atoms with E-state index in [0.29, 0.717) is 11.6 Å². The molecule has 5 heteroatoms. The van der Waals surface area contributed by atoms with Gasteiger partial charge in [0.2, 0.25) is 0 Å². The fourth-order valence-corrected chi connectivity index (χ4v) is 7.02. The quantitative estimate of drug-likeness (QED) is 0.364. The van der Waals surface area contributed by atoms with Gasteiger partial charge in [-0.3, -0.25) is 0 Å². The summed E-state index contributed by atoms with van der Waals surface area (Å²) in [4.78, 5) is 2.69. The van der Waals surface area contributed by atoms with Gasteiger partial charge in [-0.25, -0.2) is 0 Å². The molecule has 0 N–H and O–H groups in total. The Kier molecular flexibility index (Phi) is 10.6. The Morgan fingerprint density at radius 1 is 0.957 bits per heavy atom. The first-order chi connectivity index (χ1) is 11.2. The molecule has 0 spiro atoms. The van der Waals surface area contributed by atoms with E-state index in [1.165, 1.54) is 58.0 Å². The third kappa shape index (κ3) is 5.82. The van der Waals surface area contributed by atoms with Crippen LogP contribution in [0, 0.1) is 0 Å². The van der Waals surface area contributed by atoms with Crippen LogP contribution in [0.5, 0.6) is 0 Å². The maximum atomic E-state index is 5.84. The van der Waals surface area contributed by atoms with Gasteiger partial charge in [-0.2, -0.15) is 0 Å². The smallest absolute Gasteiger partial charge is 0.377 e. The van der Waals surface area contributed by atoms with E-state index in [1.807, 2.05) is 0 Å². The molecule has 1 rings (SSSR count). The van der Waals surface area contributed by atoms with Crippen LogP contribution in [0.3, 0.4) is 0 Å². The summed E-state index contributed by atoms with van der Waals surface area (Å²) in [5, 5.41) is 0. The van der Waals surface area contributed by atoms with Gasteiger partial charge in [0.25, 0.3) is 0 Å². The van der Waals surface area contributed by atoms with Crippen LogP contribution in [-0.2, 0) is 13.3 Å². The van der Waals surface area contributed by atoms with Crippen molar-refractivity contribution in [2.24, 2.45) is 0 Å².